The number of aryl methyl sites for hydroxylation is 2. The molecule has 18 heteroatoms. The van der Waals surface area contributed by atoms with Crippen LogP contribution >= 0.6 is 15.9 Å². The number of rotatable bonds is 4. The molecule has 16 nitrogen and oxygen atoms in total. The van der Waals surface area contributed by atoms with Crippen LogP contribution in [0.3, 0.4) is 0 Å². The van der Waals surface area contributed by atoms with Gasteiger partial charge in [0, 0.05) is 54.4 Å². The molecule has 6 unspecified atom stereocenters. The number of ether oxygens (including phenoxy) is 2. The number of hydrogen-bond acceptors (Lipinski definition) is 14. The van der Waals surface area contributed by atoms with E-state index >= 15 is 0 Å². The van der Waals surface area contributed by atoms with Gasteiger partial charge in [-0.1, -0.05) is 76.6 Å². The maximum atomic E-state index is 9.44. The standard InChI is InChI=1S/C29H25N5O2.C21H22BrN3O2.C8H5BN2O2/c1-32-22-13-18(17-30)12-21(14-22)20-10-11-26-25(15-20)29(33-28(31)34(2)36-29)16-27(35-26)24-9-5-7-19-6-3-4-8-23(19)24;1-25-20(23)24-21(27-25)12-19(26-18-10-9-14(22)11-17(18)21)16-8-4-6-13-5-2-3-7-15(13)16;1-11-8-3-6(5-10)2-7(4-8)9(12)13/h3-4,6,8,10-15,24,27H,5,7,9,16H2,2H3,(H2,31,33);2-3,5,7,9-11,16,19H,4,6,8,12H2,1H3,(H2,23,24);2-4,12-13H. The molecule has 0 amide bonds. The van der Waals surface area contributed by atoms with E-state index in [9.17, 15) is 5.26 Å². The Hall–Kier alpha value is -8.20. The largest absolute Gasteiger partial charge is 0.489 e. The van der Waals surface area contributed by atoms with Crippen LogP contribution in [0.2, 0.25) is 0 Å². The molecular weight excluding hydrogens is 1020 g/mol. The van der Waals surface area contributed by atoms with Crippen LogP contribution in [0.4, 0.5) is 11.4 Å². The lowest BCUT2D eigenvalue weighted by atomic mass is 9.76. The van der Waals surface area contributed by atoms with E-state index in [2.05, 4.69) is 80.2 Å². The van der Waals surface area contributed by atoms with Crippen molar-refractivity contribution < 1.29 is 29.2 Å². The summed E-state index contributed by atoms with van der Waals surface area (Å²) in [6, 6.07) is 42.4. The highest BCUT2D eigenvalue weighted by Gasteiger charge is 2.52. The van der Waals surface area contributed by atoms with Crippen molar-refractivity contribution in [3.63, 3.8) is 0 Å². The number of guanidine groups is 2. The van der Waals surface area contributed by atoms with Gasteiger partial charge in [0.15, 0.2) is 11.4 Å². The molecular formula is C58H52BBrN10O6. The molecule has 0 radical (unpaired) electrons. The summed E-state index contributed by atoms with van der Waals surface area (Å²) < 4.78 is 14.1. The van der Waals surface area contributed by atoms with Crippen molar-refractivity contribution in [2.24, 2.45) is 21.5 Å². The minimum Gasteiger partial charge on any atom is -0.489 e. The Bertz CT molecular complexity index is 3430. The highest BCUT2D eigenvalue weighted by molar-refractivity contribution is 9.10. The second-order valence-corrected chi connectivity index (χ2v) is 20.5. The van der Waals surface area contributed by atoms with Crippen molar-refractivity contribution in [2.45, 2.75) is 86.9 Å². The van der Waals surface area contributed by atoms with Crippen molar-refractivity contribution in [1.29, 1.82) is 10.5 Å². The summed E-state index contributed by atoms with van der Waals surface area (Å²) in [7, 11) is 1.91. The van der Waals surface area contributed by atoms with Crippen LogP contribution in [0.5, 0.6) is 11.5 Å². The monoisotopic (exact) mass is 1070 g/mol. The zero-order valence-corrected chi connectivity index (χ0v) is 43.3. The second kappa shape index (κ2) is 21.2. The highest BCUT2D eigenvalue weighted by Crippen LogP contribution is 2.53. The van der Waals surface area contributed by atoms with Crippen LogP contribution in [0.1, 0.15) is 94.9 Å². The molecule has 6 aliphatic rings. The van der Waals surface area contributed by atoms with Crippen molar-refractivity contribution in [3.05, 3.63) is 193 Å². The Morgan fingerprint density at radius 1 is 0.658 bits per heavy atom. The molecule has 12 rings (SSSR count). The van der Waals surface area contributed by atoms with E-state index in [0.29, 0.717) is 47.7 Å². The van der Waals surface area contributed by atoms with Crippen molar-refractivity contribution in [3.8, 4) is 34.8 Å². The van der Waals surface area contributed by atoms with Gasteiger partial charge in [-0.25, -0.2) is 39.5 Å². The molecule has 76 heavy (non-hydrogen) atoms. The van der Waals surface area contributed by atoms with Gasteiger partial charge in [-0.3, -0.25) is 0 Å². The van der Waals surface area contributed by atoms with Gasteiger partial charge in [-0.05, 0) is 138 Å². The minimum absolute atomic E-state index is 0.0109. The van der Waals surface area contributed by atoms with E-state index in [-0.39, 0.29) is 34.8 Å². The summed E-state index contributed by atoms with van der Waals surface area (Å²) in [5.41, 5.74) is 20.8. The summed E-state index contributed by atoms with van der Waals surface area (Å²) in [6.07, 6.45) is 7.70. The average Bonchev–Trinajstić information content (AvgIpc) is 3.92. The number of halogens is 1. The summed E-state index contributed by atoms with van der Waals surface area (Å²) in [5.74, 6) is 2.81. The molecule has 6 aromatic rings. The molecule has 0 bridgehead atoms. The molecule has 4 heterocycles. The van der Waals surface area contributed by atoms with Gasteiger partial charge in [0.2, 0.25) is 23.4 Å². The SMILES string of the molecule is CN1OC2(CC(C3CCCc4ccccc43)Oc3ccc(Br)cc32)N=C1N.[C-]#[N+]c1cc(C#N)cc(-c2ccc3c(c2)C2(CC(C4CCCc5ccccc54)O3)N=C(N)N(C)O2)c1.[C-]#[N+]c1cc(C#N)cc(B(O)O)c1. The van der Waals surface area contributed by atoms with E-state index < -0.39 is 18.6 Å². The first kappa shape index (κ1) is 51.3. The van der Waals surface area contributed by atoms with Gasteiger partial charge in [-0.2, -0.15) is 10.5 Å². The normalized spacial score (nSPS) is 23.3. The number of aliphatic imine (C=N–C) groups is 2. The third-order valence-electron chi connectivity index (χ3n) is 14.8. The van der Waals surface area contributed by atoms with E-state index in [1.165, 1.54) is 51.9 Å². The summed E-state index contributed by atoms with van der Waals surface area (Å²) in [5, 5.41) is 38.7. The van der Waals surface area contributed by atoms with Crippen molar-refractivity contribution >= 4 is 51.8 Å². The molecule has 0 saturated heterocycles. The van der Waals surface area contributed by atoms with Gasteiger partial charge in [0.25, 0.3) is 0 Å². The highest BCUT2D eigenvalue weighted by atomic mass is 79.9. The number of benzene rings is 6. The smallest absolute Gasteiger partial charge is 0.487 e. The molecule has 6 aromatic carbocycles. The van der Waals surface area contributed by atoms with Gasteiger partial charge in [-0.15, -0.1) is 0 Å². The molecule has 0 fully saturated rings. The lowest BCUT2D eigenvalue weighted by molar-refractivity contribution is -0.192. The molecule has 380 valence electrons. The summed E-state index contributed by atoms with van der Waals surface area (Å²) in [4.78, 5) is 28.7. The van der Waals surface area contributed by atoms with Gasteiger partial charge < -0.3 is 31.0 Å². The van der Waals surface area contributed by atoms with Crippen LogP contribution in [0.15, 0.2) is 136 Å². The molecule has 6 N–H and O–H groups in total. The molecule has 0 saturated carbocycles. The topological polar surface area (TPSA) is 217 Å². The number of hydrogen-bond donors (Lipinski definition) is 4. The van der Waals surface area contributed by atoms with Crippen LogP contribution in [-0.4, -0.2) is 65.5 Å². The predicted molar refractivity (Wildman–Crippen MR) is 291 cm³/mol. The number of fused-ring (bicyclic) bond motifs is 6. The Balaban J connectivity index is 0.000000144. The third-order valence-corrected chi connectivity index (χ3v) is 15.3. The number of nitriles is 2. The fourth-order valence-electron chi connectivity index (χ4n) is 11.3. The van der Waals surface area contributed by atoms with Crippen molar-refractivity contribution in [1.82, 2.24) is 10.1 Å². The van der Waals surface area contributed by atoms with Gasteiger partial charge in [0.05, 0.1) is 36.4 Å². The third kappa shape index (κ3) is 10.1. The molecule has 2 aliphatic carbocycles. The van der Waals surface area contributed by atoms with Crippen LogP contribution < -0.4 is 26.4 Å². The second-order valence-electron chi connectivity index (χ2n) is 19.6. The van der Waals surface area contributed by atoms with Gasteiger partial charge in [0.1, 0.15) is 23.7 Å². The predicted octanol–water partition coefficient (Wildman–Crippen LogP) is 9.25. The number of hydroxylamine groups is 4. The van der Waals surface area contributed by atoms with Gasteiger partial charge >= 0.3 is 7.12 Å². The molecule has 4 aliphatic heterocycles. The summed E-state index contributed by atoms with van der Waals surface area (Å²) in [6.45, 7) is 14.1. The Kier molecular flexibility index (Phi) is 14.3. The quantitative estimate of drug-likeness (QED) is 0.0960. The molecule has 2 spiro atoms. The lowest BCUT2D eigenvalue weighted by Crippen LogP contribution is -2.42. The fourth-order valence-corrected chi connectivity index (χ4v) is 11.7. The van der Waals surface area contributed by atoms with Crippen LogP contribution in [-0.2, 0) is 34.0 Å². The molecule has 0 aromatic heterocycles. The first-order valence-electron chi connectivity index (χ1n) is 24.9. The zero-order valence-electron chi connectivity index (χ0n) is 41.7. The zero-order chi connectivity index (χ0) is 53.3. The molecule has 6 atom stereocenters. The van der Waals surface area contributed by atoms with E-state index in [0.717, 1.165) is 64.6 Å². The average molecular weight is 1080 g/mol. The first-order chi connectivity index (χ1) is 36.7. The van der Waals surface area contributed by atoms with Crippen LogP contribution in [0.25, 0.3) is 20.8 Å². The van der Waals surface area contributed by atoms with Crippen LogP contribution in [0, 0.1) is 35.8 Å². The maximum Gasteiger partial charge on any atom is 0.487 e. The summed E-state index contributed by atoms with van der Waals surface area (Å²) >= 11 is 3.56. The number of nitrogens with two attached hydrogens (primary N) is 2. The Morgan fingerprint density at radius 3 is 1.66 bits per heavy atom. The maximum absolute atomic E-state index is 9.44. The van der Waals surface area contributed by atoms with Crippen molar-refractivity contribution in [2.75, 3.05) is 14.1 Å². The first-order valence-corrected chi connectivity index (χ1v) is 25.7. The van der Waals surface area contributed by atoms with E-state index in [1.807, 2.05) is 42.5 Å². The van der Waals surface area contributed by atoms with E-state index in [1.54, 1.807) is 37.4 Å². The number of nitrogens with zero attached hydrogens (tertiary/aromatic N) is 8. The Morgan fingerprint density at radius 2 is 1.16 bits per heavy atom. The van der Waals surface area contributed by atoms with E-state index in [4.69, 9.17) is 69.1 Å². The Labute approximate surface area is 449 Å². The fraction of sp³-hybridized carbons (Fsp3) is 0.276. The lowest BCUT2D eigenvalue weighted by Gasteiger charge is -2.41. The minimum atomic E-state index is -1.64.